The van der Waals surface area contributed by atoms with E-state index in [0.717, 1.165) is 10.0 Å². The lowest BCUT2D eigenvalue weighted by molar-refractivity contribution is 0.213. The normalized spacial score (nSPS) is 11.5. The molecule has 0 aliphatic rings. The lowest BCUT2D eigenvalue weighted by Gasteiger charge is -2.26. The number of phenolic OH excluding ortho intramolecular Hbond substituents is 1. The van der Waals surface area contributed by atoms with Crippen molar-refractivity contribution < 1.29 is 14.9 Å². The second-order valence-corrected chi connectivity index (χ2v) is 4.87. The molecule has 1 aromatic carbocycles. The maximum absolute atomic E-state index is 9.65. The third kappa shape index (κ3) is 2.26. The summed E-state index contributed by atoms with van der Waals surface area (Å²) >= 11 is 3.40. The highest BCUT2D eigenvalue weighted by atomic mass is 79.9. The molecule has 3 nitrogen and oxygen atoms in total. The summed E-state index contributed by atoms with van der Waals surface area (Å²) in [6.07, 6.45) is 0. The van der Waals surface area contributed by atoms with Crippen LogP contribution in [-0.4, -0.2) is 23.9 Å². The van der Waals surface area contributed by atoms with Crippen molar-refractivity contribution in [2.45, 2.75) is 19.3 Å². The van der Waals surface area contributed by atoms with Gasteiger partial charge in [-0.1, -0.05) is 29.8 Å². The van der Waals surface area contributed by atoms with E-state index in [0.29, 0.717) is 5.75 Å². The molecular weight excluding hydrogens is 260 g/mol. The number of benzene rings is 1. The molecule has 15 heavy (non-hydrogen) atoms. The summed E-state index contributed by atoms with van der Waals surface area (Å²) in [6, 6.07) is 3.30. The second kappa shape index (κ2) is 4.41. The highest BCUT2D eigenvalue weighted by molar-refractivity contribution is 9.10. The number of aliphatic hydroxyl groups is 1. The van der Waals surface area contributed by atoms with E-state index in [1.807, 2.05) is 13.8 Å². The van der Waals surface area contributed by atoms with Crippen LogP contribution in [0.3, 0.4) is 0 Å². The quantitative estimate of drug-likeness (QED) is 0.890. The molecule has 0 fully saturated rings. The minimum atomic E-state index is -0.469. The third-order valence-corrected chi connectivity index (χ3v) is 3.02. The lowest BCUT2D eigenvalue weighted by atomic mass is 9.85. The monoisotopic (exact) mass is 274 g/mol. The van der Waals surface area contributed by atoms with Gasteiger partial charge in [-0.15, -0.1) is 0 Å². The van der Waals surface area contributed by atoms with Crippen LogP contribution < -0.4 is 4.74 Å². The number of rotatable bonds is 3. The van der Waals surface area contributed by atoms with Gasteiger partial charge in [0.25, 0.3) is 0 Å². The summed E-state index contributed by atoms with van der Waals surface area (Å²) in [5, 5.41) is 19.0. The molecular formula is C11H15BrO3. The van der Waals surface area contributed by atoms with Gasteiger partial charge in [0.1, 0.15) is 0 Å². The Balaban J connectivity index is 3.44. The fraction of sp³-hybridized carbons (Fsp3) is 0.455. The van der Waals surface area contributed by atoms with Crippen LogP contribution in [0.15, 0.2) is 16.6 Å². The van der Waals surface area contributed by atoms with E-state index in [2.05, 4.69) is 15.9 Å². The van der Waals surface area contributed by atoms with Crippen LogP contribution in [0.4, 0.5) is 0 Å². The summed E-state index contributed by atoms with van der Waals surface area (Å²) in [6.45, 7) is 3.75. The zero-order valence-corrected chi connectivity index (χ0v) is 10.6. The van der Waals surface area contributed by atoms with Gasteiger partial charge in [-0.05, 0) is 12.1 Å². The van der Waals surface area contributed by atoms with Gasteiger partial charge in [-0.25, -0.2) is 0 Å². The van der Waals surface area contributed by atoms with Crippen molar-refractivity contribution in [2.75, 3.05) is 13.7 Å². The Morgan fingerprint density at radius 2 is 2.00 bits per heavy atom. The topological polar surface area (TPSA) is 49.7 Å². The van der Waals surface area contributed by atoms with Gasteiger partial charge >= 0.3 is 0 Å². The van der Waals surface area contributed by atoms with Gasteiger partial charge in [-0.2, -0.15) is 0 Å². The van der Waals surface area contributed by atoms with E-state index in [9.17, 15) is 10.2 Å². The molecule has 0 unspecified atom stereocenters. The smallest absolute Gasteiger partial charge is 0.165 e. The standard InChI is InChI=1S/C11H15BrO3/c1-11(2,6-13)9-7(12)4-5-8(14)10(9)15-3/h4-5,13-14H,6H2,1-3H3. The van der Waals surface area contributed by atoms with E-state index in [-0.39, 0.29) is 12.4 Å². The lowest BCUT2D eigenvalue weighted by Crippen LogP contribution is -2.23. The van der Waals surface area contributed by atoms with Gasteiger partial charge in [0.15, 0.2) is 11.5 Å². The Bertz CT molecular complexity index is 361. The number of hydrogen-bond donors (Lipinski definition) is 2. The van der Waals surface area contributed by atoms with Crippen molar-refractivity contribution >= 4 is 15.9 Å². The molecule has 0 amide bonds. The first-order valence-corrected chi connectivity index (χ1v) is 5.40. The molecule has 0 saturated carbocycles. The average molecular weight is 275 g/mol. The Morgan fingerprint density at radius 1 is 1.40 bits per heavy atom. The van der Waals surface area contributed by atoms with E-state index < -0.39 is 5.41 Å². The minimum absolute atomic E-state index is 0.0224. The number of methoxy groups -OCH3 is 1. The molecule has 0 aromatic heterocycles. The van der Waals surface area contributed by atoms with Gasteiger partial charge < -0.3 is 14.9 Å². The number of aliphatic hydroxyl groups excluding tert-OH is 1. The van der Waals surface area contributed by atoms with Gasteiger partial charge in [0, 0.05) is 15.5 Å². The van der Waals surface area contributed by atoms with E-state index in [1.165, 1.54) is 7.11 Å². The second-order valence-electron chi connectivity index (χ2n) is 4.02. The van der Waals surface area contributed by atoms with Gasteiger partial charge in [0.2, 0.25) is 0 Å². The molecule has 0 radical (unpaired) electrons. The SMILES string of the molecule is COc1c(O)ccc(Br)c1C(C)(C)CO. The molecule has 4 heteroatoms. The van der Waals surface area contributed by atoms with Crippen molar-refractivity contribution in [3.63, 3.8) is 0 Å². The summed E-state index contributed by atoms with van der Waals surface area (Å²) in [5.74, 6) is 0.487. The number of halogens is 1. The zero-order chi connectivity index (χ0) is 11.6. The molecule has 2 N–H and O–H groups in total. The highest BCUT2D eigenvalue weighted by Gasteiger charge is 2.28. The molecule has 0 bridgehead atoms. The molecule has 1 rings (SSSR count). The van der Waals surface area contributed by atoms with Crippen molar-refractivity contribution in [2.24, 2.45) is 0 Å². The van der Waals surface area contributed by atoms with Crippen molar-refractivity contribution in [3.05, 3.63) is 22.2 Å². The average Bonchev–Trinajstić information content (AvgIpc) is 2.20. The Morgan fingerprint density at radius 3 is 2.47 bits per heavy atom. The first-order valence-electron chi connectivity index (χ1n) is 4.61. The van der Waals surface area contributed by atoms with Crippen LogP contribution >= 0.6 is 15.9 Å². The van der Waals surface area contributed by atoms with Crippen LogP contribution in [0.2, 0.25) is 0 Å². The van der Waals surface area contributed by atoms with Crippen molar-refractivity contribution in [1.82, 2.24) is 0 Å². The summed E-state index contributed by atoms with van der Waals surface area (Å²) < 4.78 is 5.97. The van der Waals surface area contributed by atoms with Crippen molar-refractivity contribution in [1.29, 1.82) is 0 Å². The van der Waals surface area contributed by atoms with Gasteiger partial charge in [-0.3, -0.25) is 0 Å². The molecule has 1 aromatic rings. The van der Waals surface area contributed by atoms with E-state index in [4.69, 9.17) is 4.74 Å². The molecule has 0 aliphatic heterocycles. The molecule has 0 aliphatic carbocycles. The zero-order valence-electron chi connectivity index (χ0n) is 9.04. The van der Waals surface area contributed by atoms with Crippen LogP contribution in [0.1, 0.15) is 19.4 Å². The van der Waals surface area contributed by atoms with Crippen LogP contribution in [0.25, 0.3) is 0 Å². The number of aromatic hydroxyl groups is 1. The van der Waals surface area contributed by atoms with E-state index >= 15 is 0 Å². The van der Waals surface area contributed by atoms with Crippen LogP contribution in [0, 0.1) is 0 Å². The molecule has 0 saturated heterocycles. The largest absolute Gasteiger partial charge is 0.504 e. The minimum Gasteiger partial charge on any atom is -0.504 e. The Kier molecular flexibility index (Phi) is 3.62. The molecule has 0 heterocycles. The summed E-state index contributed by atoms with van der Waals surface area (Å²) in [7, 11) is 1.50. The van der Waals surface area contributed by atoms with E-state index in [1.54, 1.807) is 12.1 Å². The first-order chi connectivity index (χ1) is 6.94. The predicted octanol–water partition coefficient (Wildman–Crippen LogP) is 2.43. The molecule has 84 valence electrons. The van der Waals surface area contributed by atoms with Crippen LogP contribution in [0.5, 0.6) is 11.5 Å². The Hall–Kier alpha value is -0.740. The maximum Gasteiger partial charge on any atom is 0.165 e. The number of hydrogen-bond acceptors (Lipinski definition) is 3. The Labute approximate surface area is 97.8 Å². The third-order valence-electron chi connectivity index (χ3n) is 2.36. The number of ether oxygens (including phenoxy) is 1. The fourth-order valence-corrected chi connectivity index (χ4v) is 2.31. The molecule has 0 spiro atoms. The van der Waals surface area contributed by atoms with Crippen molar-refractivity contribution in [3.8, 4) is 11.5 Å². The first kappa shape index (κ1) is 12.3. The number of phenols is 1. The van der Waals surface area contributed by atoms with Gasteiger partial charge in [0.05, 0.1) is 13.7 Å². The fourth-order valence-electron chi connectivity index (χ4n) is 1.46. The van der Waals surface area contributed by atoms with Crippen LogP contribution in [-0.2, 0) is 5.41 Å². The summed E-state index contributed by atoms with van der Waals surface area (Å²) in [5.41, 5.74) is 0.302. The highest BCUT2D eigenvalue weighted by Crippen LogP contribution is 2.42. The maximum atomic E-state index is 9.65. The molecule has 0 atom stereocenters. The predicted molar refractivity (Wildman–Crippen MR) is 62.5 cm³/mol. The summed E-state index contributed by atoms with van der Waals surface area (Å²) in [4.78, 5) is 0.